The molecule has 0 bridgehead atoms. The van der Waals surface area contributed by atoms with Gasteiger partial charge in [-0.15, -0.1) is 0 Å². The van der Waals surface area contributed by atoms with Crippen LogP contribution in [0.3, 0.4) is 0 Å². The van der Waals surface area contributed by atoms with Gasteiger partial charge in [0, 0.05) is 13.7 Å². The van der Waals surface area contributed by atoms with E-state index in [-0.39, 0.29) is 5.91 Å². The molecule has 0 aliphatic rings. The maximum absolute atomic E-state index is 13.2. The first-order chi connectivity index (χ1) is 14.7. The van der Waals surface area contributed by atoms with E-state index in [9.17, 15) is 4.79 Å². The van der Waals surface area contributed by atoms with Crippen LogP contribution in [-0.2, 0) is 11.3 Å². The number of hydrogen-bond acceptors (Lipinski definition) is 5. The van der Waals surface area contributed by atoms with Gasteiger partial charge in [0.2, 0.25) is 0 Å². The van der Waals surface area contributed by atoms with E-state index < -0.39 is 0 Å². The van der Waals surface area contributed by atoms with Gasteiger partial charge in [-0.05, 0) is 35.0 Å². The molecule has 0 radical (unpaired) electrons. The second kappa shape index (κ2) is 8.69. The van der Waals surface area contributed by atoms with Crippen molar-refractivity contribution in [3.63, 3.8) is 0 Å². The molecule has 7 heteroatoms. The Morgan fingerprint density at radius 3 is 2.40 bits per heavy atom. The molecule has 0 spiro atoms. The Hall–Kier alpha value is -3.16. The van der Waals surface area contributed by atoms with E-state index >= 15 is 0 Å². The summed E-state index contributed by atoms with van der Waals surface area (Å²) in [4.78, 5) is 18.2. The molecular weight excluding hydrogens is 400 g/mol. The number of methoxy groups -OCH3 is 3. The molecule has 0 N–H and O–H groups in total. The third-order valence-electron chi connectivity index (χ3n) is 4.90. The van der Waals surface area contributed by atoms with Crippen LogP contribution in [0.5, 0.6) is 11.5 Å². The van der Waals surface area contributed by atoms with Crippen molar-refractivity contribution in [3.8, 4) is 11.5 Å². The van der Waals surface area contributed by atoms with Crippen LogP contribution in [0.25, 0.3) is 21.0 Å². The first-order valence-corrected chi connectivity index (χ1v) is 10.3. The van der Waals surface area contributed by atoms with Crippen molar-refractivity contribution >= 4 is 38.2 Å². The molecule has 6 nitrogen and oxygen atoms in total. The third kappa shape index (κ3) is 3.69. The Morgan fingerprint density at radius 2 is 1.70 bits per heavy atom. The van der Waals surface area contributed by atoms with Crippen molar-refractivity contribution in [1.82, 2.24) is 4.57 Å². The number of ether oxygens (including phenoxy) is 3. The standard InChI is InChI=1S/C23H22N2O4S/c1-27-12-11-25-21-18(28-2)9-6-10-20(21)30-23(25)24-22(26)17-13-15-7-4-5-8-16(15)14-19(17)29-3/h4-10,13-14H,11-12H2,1-3H3. The Morgan fingerprint density at radius 1 is 0.967 bits per heavy atom. The van der Waals surface area contributed by atoms with Crippen molar-refractivity contribution < 1.29 is 19.0 Å². The molecule has 0 saturated carbocycles. The summed E-state index contributed by atoms with van der Waals surface area (Å²) in [7, 11) is 4.84. The normalized spacial score (nSPS) is 11.9. The summed E-state index contributed by atoms with van der Waals surface area (Å²) in [5.41, 5.74) is 1.33. The fraction of sp³-hybridized carbons (Fsp3) is 0.217. The topological polar surface area (TPSA) is 62.1 Å². The minimum absolute atomic E-state index is 0.353. The van der Waals surface area contributed by atoms with E-state index in [0.717, 1.165) is 26.7 Å². The number of hydrogen-bond donors (Lipinski definition) is 0. The molecule has 0 fully saturated rings. The maximum Gasteiger partial charge on any atom is 0.283 e. The lowest BCUT2D eigenvalue weighted by Crippen LogP contribution is -2.19. The molecule has 30 heavy (non-hydrogen) atoms. The molecule has 154 valence electrons. The predicted molar refractivity (Wildman–Crippen MR) is 119 cm³/mol. The number of rotatable bonds is 6. The van der Waals surface area contributed by atoms with Gasteiger partial charge < -0.3 is 18.8 Å². The number of thiazole rings is 1. The average Bonchev–Trinajstić information content (AvgIpc) is 3.13. The van der Waals surface area contributed by atoms with E-state index in [0.29, 0.717) is 29.3 Å². The van der Waals surface area contributed by atoms with Crippen LogP contribution in [-0.4, -0.2) is 38.4 Å². The van der Waals surface area contributed by atoms with E-state index in [1.165, 1.54) is 11.3 Å². The lowest BCUT2D eigenvalue weighted by molar-refractivity contribution is 0.0994. The van der Waals surface area contributed by atoms with E-state index in [4.69, 9.17) is 14.2 Å². The molecule has 0 saturated heterocycles. The van der Waals surface area contributed by atoms with Crippen LogP contribution >= 0.6 is 11.3 Å². The molecule has 1 amide bonds. The van der Waals surface area contributed by atoms with Crippen molar-refractivity contribution in [2.45, 2.75) is 6.54 Å². The largest absolute Gasteiger partial charge is 0.496 e. The molecule has 3 aromatic carbocycles. The van der Waals surface area contributed by atoms with Crippen molar-refractivity contribution in [2.24, 2.45) is 4.99 Å². The Kier molecular flexibility index (Phi) is 5.83. The number of benzene rings is 3. The monoisotopic (exact) mass is 422 g/mol. The van der Waals surface area contributed by atoms with E-state index in [1.807, 2.05) is 59.2 Å². The number of carbonyl (C=O) groups excluding carboxylic acids is 1. The molecule has 0 aliphatic carbocycles. The van der Waals surface area contributed by atoms with Crippen LogP contribution in [0.2, 0.25) is 0 Å². The summed E-state index contributed by atoms with van der Waals surface area (Å²) in [6, 6.07) is 17.4. The number of nitrogens with zero attached hydrogens (tertiary/aromatic N) is 2. The highest BCUT2D eigenvalue weighted by Crippen LogP contribution is 2.29. The summed E-state index contributed by atoms with van der Waals surface area (Å²) in [5, 5.41) is 1.97. The number of aromatic nitrogens is 1. The smallest absolute Gasteiger partial charge is 0.283 e. The van der Waals surface area contributed by atoms with Gasteiger partial charge in [-0.25, -0.2) is 0 Å². The first kappa shape index (κ1) is 20.1. The van der Waals surface area contributed by atoms with Gasteiger partial charge in [0.15, 0.2) is 4.80 Å². The molecule has 0 aliphatic heterocycles. The quantitative estimate of drug-likeness (QED) is 0.466. The van der Waals surface area contributed by atoms with Crippen LogP contribution in [0.1, 0.15) is 10.4 Å². The molecular formula is C23H22N2O4S. The predicted octanol–water partition coefficient (Wildman–Crippen LogP) is 4.26. The second-order valence-electron chi connectivity index (χ2n) is 6.65. The van der Waals surface area contributed by atoms with Gasteiger partial charge in [0.05, 0.1) is 31.1 Å². The molecule has 1 heterocycles. The highest BCUT2D eigenvalue weighted by molar-refractivity contribution is 7.16. The van der Waals surface area contributed by atoms with Crippen molar-refractivity contribution in [1.29, 1.82) is 0 Å². The average molecular weight is 423 g/mol. The second-order valence-corrected chi connectivity index (χ2v) is 7.66. The summed E-state index contributed by atoms with van der Waals surface area (Å²) in [6.45, 7) is 1.04. The Labute approximate surface area is 178 Å². The summed E-state index contributed by atoms with van der Waals surface area (Å²) < 4.78 is 19.2. The van der Waals surface area contributed by atoms with E-state index in [2.05, 4.69) is 4.99 Å². The van der Waals surface area contributed by atoms with Gasteiger partial charge in [-0.2, -0.15) is 4.99 Å². The zero-order chi connectivity index (χ0) is 21.1. The summed E-state index contributed by atoms with van der Waals surface area (Å²) >= 11 is 1.44. The number of carbonyl (C=O) groups is 1. The van der Waals surface area contributed by atoms with Gasteiger partial charge >= 0.3 is 0 Å². The van der Waals surface area contributed by atoms with Crippen LogP contribution in [0.15, 0.2) is 59.6 Å². The molecule has 0 unspecified atom stereocenters. The highest BCUT2D eigenvalue weighted by Gasteiger charge is 2.16. The van der Waals surface area contributed by atoms with Gasteiger partial charge in [-0.1, -0.05) is 41.7 Å². The van der Waals surface area contributed by atoms with E-state index in [1.54, 1.807) is 21.3 Å². The minimum Gasteiger partial charge on any atom is -0.496 e. The number of para-hydroxylation sites is 1. The van der Waals surface area contributed by atoms with Gasteiger partial charge in [0.1, 0.15) is 17.0 Å². The molecule has 4 rings (SSSR count). The zero-order valence-electron chi connectivity index (χ0n) is 17.0. The SMILES string of the molecule is COCCn1c(=NC(=O)c2cc3ccccc3cc2OC)sc2cccc(OC)c21. The zero-order valence-corrected chi connectivity index (χ0v) is 17.9. The fourth-order valence-corrected chi connectivity index (χ4v) is 4.51. The van der Waals surface area contributed by atoms with Crippen molar-refractivity contribution in [2.75, 3.05) is 27.9 Å². The third-order valence-corrected chi connectivity index (χ3v) is 5.94. The minimum atomic E-state index is -0.353. The molecule has 1 aromatic heterocycles. The summed E-state index contributed by atoms with van der Waals surface area (Å²) in [6.07, 6.45) is 0. The van der Waals surface area contributed by atoms with Crippen LogP contribution < -0.4 is 14.3 Å². The first-order valence-electron chi connectivity index (χ1n) is 9.47. The lowest BCUT2D eigenvalue weighted by atomic mass is 10.1. The van der Waals surface area contributed by atoms with Crippen molar-refractivity contribution in [3.05, 3.63) is 65.0 Å². The molecule has 0 atom stereocenters. The Balaban J connectivity index is 1.89. The highest BCUT2D eigenvalue weighted by atomic mass is 32.1. The Bertz CT molecular complexity index is 1290. The van der Waals surface area contributed by atoms with Crippen LogP contribution in [0.4, 0.5) is 0 Å². The fourth-order valence-electron chi connectivity index (χ4n) is 3.44. The summed E-state index contributed by atoms with van der Waals surface area (Å²) in [5.74, 6) is 0.885. The van der Waals surface area contributed by atoms with Crippen LogP contribution in [0, 0.1) is 0 Å². The lowest BCUT2D eigenvalue weighted by Gasteiger charge is -2.09. The molecule has 4 aromatic rings. The number of amides is 1. The number of fused-ring (bicyclic) bond motifs is 2. The van der Waals surface area contributed by atoms with Gasteiger partial charge in [-0.3, -0.25) is 4.79 Å². The van der Waals surface area contributed by atoms with Gasteiger partial charge in [0.25, 0.3) is 5.91 Å². The maximum atomic E-state index is 13.2.